The first-order chi connectivity index (χ1) is 7.03. The van der Waals surface area contributed by atoms with Crippen LogP contribution in [0.4, 0.5) is 5.69 Å². The van der Waals surface area contributed by atoms with E-state index < -0.39 is 16.1 Å². The molecule has 0 aliphatic heterocycles. The van der Waals surface area contributed by atoms with Gasteiger partial charge in [0.05, 0.1) is 5.69 Å². The molecule has 0 spiro atoms. The normalized spacial score (nSPS) is 10.4. The maximum atomic E-state index is 11.3. The van der Waals surface area contributed by atoms with E-state index in [0.717, 1.165) is 6.08 Å². The molecular weight excluding hydrogens is 216 g/mol. The van der Waals surface area contributed by atoms with E-state index in [1.165, 1.54) is 0 Å². The van der Waals surface area contributed by atoms with Crippen molar-refractivity contribution in [3.05, 3.63) is 43.0 Å². The molecule has 0 atom stereocenters. The van der Waals surface area contributed by atoms with Crippen LogP contribution < -0.4 is 9.44 Å². The largest absolute Gasteiger partial charge is 0.323 e. The van der Waals surface area contributed by atoms with Crippen LogP contribution in [0.5, 0.6) is 0 Å². The van der Waals surface area contributed by atoms with Crippen LogP contribution in [0.15, 0.2) is 43.0 Å². The molecule has 2 N–H and O–H groups in total. The molecule has 1 aromatic carbocycles. The second-order valence-corrected chi connectivity index (χ2v) is 4.06. The first-order valence-corrected chi connectivity index (χ1v) is 5.54. The van der Waals surface area contributed by atoms with Gasteiger partial charge in [0.25, 0.3) is 5.91 Å². The summed E-state index contributed by atoms with van der Waals surface area (Å²) < 4.78 is 26.5. The highest BCUT2D eigenvalue weighted by atomic mass is 32.2. The third kappa shape index (κ3) is 3.82. The van der Waals surface area contributed by atoms with Gasteiger partial charge in [-0.05, 0) is 18.2 Å². The third-order valence-electron chi connectivity index (χ3n) is 1.45. The molecule has 15 heavy (non-hydrogen) atoms. The number of carbonyl (C=O) groups is 1. The average molecular weight is 226 g/mol. The van der Waals surface area contributed by atoms with Crippen LogP contribution in [0.1, 0.15) is 0 Å². The average Bonchev–Trinajstić information content (AvgIpc) is 2.17. The predicted molar refractivity (Wildman–Crippen MR) is 57.3 cm³/mol. The second kappa shape index (κ2) is 4.61. The molecule has 0 radical (unpaired) electrons. The zero-order chi connectivity index (χ0) is 11.3. The fourth-order valence-corrected chi connectivity index (χ4v) is 1.71. The Morgan fingerprint density at radius 1 is 1.27 bits per heavy atom. The summed E-state index contributed by atoms with van der Waals surface area (Å²) in [4.78, 5) is 10.8. The molecule has 6 heteroatoms. The molecule has 1 aromatic rings. The summed E-state index contributed by atoms with van der Waals surface area (Å²) in [5.41, 5.74) is 0.377. The first kappa shape index (κ1) is 11.3. The SMILES string of the molecule is C=CC(=O)NS(=O)(=O)Nc1ccccc1. The summed E-state index contributed by atoms with van der Waals surface area (Å²) in [5, 5.41) is 0. The summed E-state index contributed by atoms with van der Waals surface area (Å²) >= 11 is 0. The number of carbonyl (C=O) groups excluding carboxylic acids is 1. The summed E-state index contributed by atoms with van der Waals surface area (Å²) in [6, 6.07) is 8.23. The monoisotopic (exact) mass is 226 g/mol. The van der Waals surface area contributed by atoms with Crippen LogP contribution >= 0.6 is 0 Å². The van der Waals surface area contributed by atoms with Gasteiger partial charge in [-0.25, -0.2) is 4.72 Å². The Kier molecular flexibility index (Phi) is 3.46. The number of rotatable bonds is 4. The number of amides is 1. The van der Waals surface area contributed by atoms with E-state index in [1.807, 2.05) is 0 Å². The third-order valence-corrected chi connectivity index (χ3v) is 2.42. The smallest absolute Gasteiger partial charge is 0.269 e. The van der Waals surface area contributed by atoms with Crippen molar-refractivity contribution in [2.45, 2.75) is 0 Å². The zero-order valence-electron chi connectivity index (χ0n) is 7.80. The predicted octanol–water partition coefficient (Wildman–Crippen LogP) is 0.645. The van der Waals surface area contributed by atoms with Crippen LogP contribution in [-0.2, 0) is 15.0 Å². The van der Waals surface area contributed by atoms with Gasteiger partial charge in [0, 0.05) is 0 Å². The Balaban J connectivity index is 2.73. The number of para-hydroxylation sites is 1. The van der Waals surface area contributed by atoms with Gasteiger partial charge in [-0.2, -0.15) is 8.42 Å². The van der Waals surface area contributed by atoms with Gasteiger partial charge >= 0.3 is 10.2 Å². The molecule has 1 amide bonds. The highest BCUT2D eigenvalue weighted by Crippen LogP contribution is 2.06. The van der Waals surface area contributed by atoms with E-state index in [2.05, 4.69) is 11.3 Å². The van der Waals surface area contributed by atoms with Gasteiger partial charge < -0.3 is 0 Å². The van der Waals surface area contributed by atoms with E-state index in [1.54, 1.807) is 35.1 Å². The lowest BCUT2D eigenvalue weighted by molar-refractivity contribution is -0.114. The lowest BCUT2D eigenvalue weighted by atomic mass is 10.3. The molecule has 0 fully saturated rings. The molecule has 0 heterocycles. The van der Waals surface area contributed by atoms with Crippen molar-refractivity contribution in [1.29, 1.82) is 0 Å². The number of hydrogen-bond donors (Lipinski definition) is 2. The quantitative estimate of drug-likeness (QED) is 0.740. The zero-order valence-corrected chi connectivity index (χ0v) is 8.62. The lowest BCUT2D eigenvalue weighted by Gasteiger charge is -2.07. The van der Waals surface area contributed by atoms with Crippen LogP contribution in [0.3, 0.4) is 0 Å². The van der Waals surface area contributed by atoms with Crippen molar-refractivity contribution in [1.82, 2.24) is 4.72 Å². The number of benzene rings is 1. The fourth-order valence-electron chi connectivity index (χ4n) is 0.861. The van der Waals surface area contributed by atoms with Gasteiger partial charge in [0.15, 0.2) is 0 Å². The Hall–Kier alpha value is -1.82. The number of anilines is 1. The molecule has 5 nitrogen and oxygen atoms in total. The molecule has 0 aromatic heterocycles. The maximum Gasteiger partial charge on any atom is 0.323 e. The van der Waals surface area contributed by atoms with Gasteiger partial charge in [-0.15, -0.1) is 0 Å². The standard InChI is InChI=1S/C9H10N2O3S/c1-2-9(12)11-15(13,14)10-8-6-4-3-5-7-8/h2-7,10H,1H2,(H,11,12). The minimum atomic E-state index is -3.87. The summed E-state index contributed by atoms with van der Waals surface area (Å²) in [5.74, 6) is -0.779. The molecule has 0 saturated carbocycles. The molecule has 80 valence electrons. The molecular formula is C9H10N2O3S. The van der Waals surface area contributed by atoms with Gasteiger partial charge in [-0.3, -0.25) is 9.52 Å². The number of hydrogen-bond acceptors (Lipinski definition) is 3. The fraction of sp³-hybridized carbons (Fsp3) is 0. The highest BCUT2D eigenvalue weighted by Gasteiger charge is 2.11. The van der Waals surface area contributed by atoms with E-state index in [4.69, 9.17) is 0 Å². The van der Waals surface area contributed by atoms with E-state index in [9.17, 15) is 13.2 Å². The molecule has 0 aliphatic rings. The van der Waals surface area contributed by atoms with E-state index >= 15 is 0 Å². The first-order valence-electron chi connectivity index (χ1n) is 4.05. The summed E-state index contributed by atoms with van der Waals surface area (Å²) in [6.45, 7) is 3.15. The molecule has 0 saturated heterocycles. The van der Waals surface area contributed by atoms with Crippen molar-refractivity contribution in [3.63, 3.8) is 0 Å². The van der Waals surface area contributed by atoms with Gasteiger partial charge in [-0.1, -0.05) is 24.8 Å². The van der Waals surface area contributed by atoms with Crippen LogP contribution in [0, 0.1) is 0 Å². The van der Waals surface area contributed by atoms with Crippen molar-refractivity contribution in [3.8, 4) is 0 Å². The van der Waals surface area contributed by atoms with Crippen molar-refractivity contribution >= 4 is 21.8 Å². The number of nitrogens with one attached hydrogen (secondary N) is 2. The Bertz CT molecular complexity index is 454. The topological polar surface area (TPSA) is 75.3 Å². The Labute approximate surface area is 88.0 Å². The van der Waals surface area contributed by atoms with E-state index in [0.29, 0.717) is 5.69 Å². The van der Waals surface area contributed by atoms with Crippen molar-refractivity contribution in [2.24, 2.45) is 0 Å². The highest BCUT2D eigenvalue weighted by molar-refractivity contribution is 7.91. The summed E-state index contributed by atoms with van der Waals surface area (Å²) in [7, 11) is -3.87. The lowest BCUT2D eigenvalue weighted by Crippen LogP contribution is -2.34. The molecule has 0 aliphatic carbocycles. The maximum absolute atomic E-state index is 11.3. The van der Waals surface area contributed by atoms with Gasteiger partial charge in [0.1, 0.15) is 0 Å². The molecule has 0 unspecified atom stereocenters. The van der Waals surface area contributed by atoms with Gasteiger partial charge in [0.2, 0.25) is 0 Å². The van der Waals surface area contributed by atoms with E-state index in [-0.39, 0.29) is 0 Å². The minimum absolute atomic E-state index is 0.377. The minimum Gasteiger partial charge on any atom is -0.269 e. The van der Waals surface area contributed by atoms with Crippen LogP contribution in [0.25, 0.3) is 0 Å². The Morgan fingerprint density at radius 3 is 2.40 bits per heavy atom. The molecule has 0 bridgehead atoms. The van der Waals surface area contributed by atoms with Crippen molar-refractivity contribution in [2.75, 3.05) is 4.72 Å². The Morgan fingerprint density at radius 2 is 1.87 bits per heavy atom. The van der Waals surface area contributed by atoms with Crippen LogP contribution in [0.2, 0.25) is 0 Å². The second-order valence-electron chi connectivity index (χ2n) is 2.64. The molecule has 1 rings (SSSR count). The van der Waals surface area contributed by atoms with Crippen LogP contribution in [-0.4, -0.2) is 14.3 Å². The van der Waals surface area contributed by atoms with Crippen molar-refractivity contribution < 1.29 is 13.2 Å². The summed E-state index contributed by atoms with van der Waals surface area (Å²) in [6.07, 6.45) is 0.879.